The van der Waals surface area contributed by atoms with E-state index in [9.17, 15) is 4.39 Å². The molecule has 9 heteroatoms. The molecule has 1 aliphatic carbocycles. The van der Waals surface area contributed by atoms with Crippen molar-refractivity contribution in [3.8, 4) is 11.8 Å². The number of fused-ring (bicyclic) bond motifs is 2. The number of halogens is 1. The fourth-order valence-electron chi connectivity index (χ4n) is 4.79. The minimum Gasteiger partial charge on any atom is -0.424 e. The third kappa shape index (κ3) is 4.11. The number of hydrogen-bond acceptors (Lipinski definition) is 7. The van der Waals surface area contributed by atoms with Gasteiger partial charge in [-0.2, -0.15) is 4.98 Å². The summed E-state index contributed by atoms with van der Waals surface area (Å²) in [6.45, 7) is 7.96. The second-order valence-corrected chi connectivity index (χ2v) is 9.00. The Balaban J connectivity index is 1.31. The van der Waals surface area contributed by atoms with Gasteiger partial charge < -0.3 is 15.0 Å². The van der Waals surface area contributed by atoms with Gasteiger partial charge in [-0.25, -0.2) is 19.0 Å². The van der Waals surface area contributed by atoms with Crippen LogP contribution in [0.4, 0.5) is 16.2 Å². The van der Waals surface area contributed by atoms with Crippen LogP contribution in [0.1, 0.15) is 38.4 Å². The Labute approximate surface area is 186 Å². The van der Waals surface area contributed by atoms with Crippen molar-refractivity contribution in [3.63, 3.8) is 0 Å². The Morgan fingerprint density at radius 3 is 2.47 bits per heavy atom. The Bertz CT molecular complexity index is 1070. The second kappa shape index (κ2) is 8.37. The first kappa shape index (κ1) is 20.7. The third-order valence-electron chi connectivity index (χ3n) is 6.35. The highest BCUT2D eigenvalue weighted by atomic mass is 19.1. The lowest BCUT2D eigenvalue weighted by atomic mass is 9.92. The zero-order chi connectivity index (χ0) is 22.2. The zero-order valence-corrected chi connectivity index (χ0v) is 18.6. The van der Waals surface area contributed by atoms with Crippen molar-refractivity contribution < 1.29 is 9.13 Å². The van der Waals surface area contributed by atoms with Gasteiger partial charge in [0.1, 0.15) is 23.7 Å². The first-order chi connectivity index (χ1) is 15.5. The number of aromatic nitrogens is 5. The quantitative estimate of drug-likeness (QED) is 0.618. The van der Waals surface area contributed by atoms with Crippen LogP contribution in [-0.4, -0.2) is 43.9 Å². The molecule has 1 saturated heterocycles. The second-order valence-electron chi connectivity index (χ2n) is 9.00. The number of rotatable bonds is 6. The molecule has 1 saturated carbocycles. The minimum atomic E-state index is -0.302. The average molecular weight is 438 g/mol. The zero-order valence-electron chi connectivity index (χ0n) is 18.6. The lowest BCUT2D eigenvalue weighted by Gasteiger charge is -2.38. The SMILES string of the molecule is Cc1cc(N2C[C@H]3CC[C@@H](C2)[C@H]3Nc2nc(Oc3ccc(F)cc3)n(C(C)C)n2)ncn1. The van der Waals surface area contributed by atoms with Crippen LogP contribution in [0.5, 0.6) is 11.8 Å². The maximum Gasteiger partial charge on any atom is 0.322 e. The summed E-state index contributed by atoms with van der Waals surface area (Å²) in [5.41, 5.74) is 0.986. The van der Waals surface area contributed by atoms with E-state index in [2.05, 4.69) is 36.3 Å². The highest BCUT2D eigenvalue weighted by molar-refractivity contribution is 5.42. The van der Waals surface area contributed by atoms with E-state index in [0.717, 1.165) is 24.6 Å². The molecule has 2 aliphatic rings. The summed E-state index contributed by atoms with van der Waals surface area (Å²) < 4.78 is 20.9. The van der Waals surface area contributed by atoms with Gasteiger partial charge in [-0.05, 0) is 69.7 Å². The van der Waals surface area contributed by atoms with Crippen LogP contribution in [0, 0.1) is 24.6 Å². The van der Waals surface area contributed by atoms with E-state index < -0.39 is 0 Å². The van der Waals surface area contributed by atoms with Crippen LogP contribution in [0.15, 0.2) is 36.7 Å². The van der Waals surface area contributed by atoms with Gasteiger partial charge in [-0.15, -0.1) is 5.10 Å². The molecule has 32 heavy (non-hydrogen) atoms. The van der Waals surface area contributed by atoms with E-state index in [1.807, 2.05) is 20.8 Å². The molecule has 0 amide bonds. The smallest absolute Gasteiger partial charge is 0.322 e. The molecule has 0 spiro atoms. The van der Waals surface area contributed by atoms with E-state index in [-0.39, 0.29) is 11.9 Å². The molecule has 5 rings (SSSR count). The van der Waals surface area contributed by atoms with Gasteiger partial charge in [0.25, 0.3) is 0 Å². The molecule has 0 unspecified atom stereocenters. The van der Waals surface area contributed by atoms with E-state index in [4.69, 9.17) is 4.74 Å². The Morgan fingerprint density at radius 2 is 1.81 bits per heavy atom. The topological polar surface area (TPSA) is 81.0 Å². The van der Waals surface area contributed by atoms with Crippen molar-refractivity contribution in [2.45, 2.75) is 45.7 Å². The number of nitrogens with one attached hydrogen (secondary N) is 1. The maximum atomic E-state index is 13.2. The molecule has 0 radical (unpaired) electrons. The summed E-state index contributed by atoms with van der Waals surface area (Å²) in [5.74, 6) is 2.80. The van der Waals surface area contributed by atoms with E-state index in [1.54, 1.807) is 23.1 Å². The fourth-order valence-corrected chi connectivity index (χ4v) is 4.79. The van der Waals surface area contributed by atoms with Crippen LogP contribution in [0.25, 0.3) is 0 Å². The Kier molecular flexibility index (Phi) is 5.40. The van der Waals surface area contributed by atoms with Gasteiger partial charge >= 0.3 is 6.01 Å². The number of nitrogens with zero attached hydrogens (tertiary/aromatic N) is 6. The number of ether oxygens (including phenoxy) is 1. The molecular formula is C23H28FN7O. The summed E-state index contributed by atoms with van der Waals surface area (Å²) in [4.78, 5) is 15.7. The van der Waals surface area contributed by atoms with E-state index >= 15 is 0 Å². The molecule has 2 bridgehead atoms. The molecule has 3 aromatic rings. The highest BCUT2D eigenvalue weighted by Crippen LogP contribution is 2.40. The van der Waals surface area contributed by atoms with E-state index in [0.29, 0.717) is 35.6 Å². The van der Waals surface area contributed by atoms with Crippen LogP contribution >= 0.6 is 0 Å². The van der Waals surface area contributed by atoms with Gasteiger partial charge in [-0.3, -0.25) is 0 Å². The first-order valence-electron chi connectivity index (χ1n) is 11.2. The largest absolute Gasteiger partial charge is 0.424 e. The standard InChI is InChI=1S/C23H28FN7O/c1-14(2)31-23(32-19-8-6-18(24)7-9-19)28-22(29-31)27-21-16-4-5-17(21)12-30(11-16)20-10-15(3)25-13-26-20/h6-10,13-14,16-17,21H,4-5,11-12H2,1-3H3,(H,27,29)/t16-,17+,21+. The number of piperidine rings is 1. The number of anilines is 2. The number of aryl methyl sites for hydroxylation is 1. The molecule has 3 heterocycles. The summed E-state index contributed by atoms with van der Waals surface area (Å²) in [6, 6.07) is 8.76. The van der Waals surface area contributed by atoms with Crippen molar-refractivity contribution in [1.29, 1.82) is 0 Å². The predicted molar refractivity (Wildman–Crippen MR) is 119 cm³/mol. The Morgan fingerprint density at radius 1 is 1.09 bits per heavy atom. The molecule has 2 fully saturated rings. The molecule has 168 valence electrons. The normalized spacial score (nSPS) is 22.4. The molecule has 1 aliphatic heterocycles. The van der Waals surface area contributed by atoms with Crippen molar-refractivity contribution in [1.82, 2.24) is 24.7 Å². The summed E-state index contributed by atoms with van der Waals surface area (Å²) in [7, 11) is 0. The van der Waals surface area contributed by atoms with Crippen LogP contribution in [-0.2, 0) is 0 Å². The van der Waals surface area contributed by atoms with Gasteiger partial charge in [0, 0.05) is 30.9 Å². The van der Waals surface area contributed by atoms with Gasteiger partial charge in [0.2, 0.25) is 5.95 Å². The monoisotopic (exact) mass is 437 g/mol. The molecule has 1 N–H and O–H groups in total. The summed E-state index contributed by atoms with van der Waals surface area (Å²) >= 11 is 0. The van der Waals surface area contributed by atoms with Crippen LogP contribution < -0.4 is 15.0 Å². The number of hydrogen-bond donors (Lipinski definition) is 1. The maximum absolute atomic E-state index is 13.2. The van der Waals surface area contributed by atoms with Crippen molar-refractivity contribution in [2.75, 3.05) is 23.3 Å². The molecule has 2 aromatic heterocycles. The van der Waals surface area contributed by atoms with Crippen molar-refractivity contribution in [2.24, 2.45) is 11.8 Å². The van der Waals surface area contributed by atoms with Gasteiger partial charge in [-0.1, -0.05) is 0 Å². The number of benzene rings is 1. The van der Waals surface area contributed by atoms with Crippen LogP contribution in [0.3, 0.4) is 0 Å². The molecular weight excluding hydrogens is 409 g/mol. The Hall–Kier alpha value is -3.23. The van der Waals surface area contributed by atoms with Gasteiger partial charge in [0.05, 0.1) is 6.04 Å². The van der Waals surface area contributed by atoms with Gasteiger partial charge in [0.15, 0.2) is 0 Å². The predicted octanol–water partition coefficient (Wildman–Crippen LogP) is 4.22. The first-order valence-corrected chi connectivity index (χ1v) is 11.2. The summed E-state index contributed by atoms with van der Waals surface area (Å²) in [5, 5.41) is 8.26. The van der Waals surface area contributed by atoms with Crippen molar-refractivity contribution >= 4 is 11.8 Å². The van der Waals surface area contributed by atoms with E-state index in [1.165, 1.54) is 25.0 Å². The summed E-state index contributed by atoms with van der Waals surface area (Å²) in [6.07, 6.45) is 3.99. The highest BCUT2D eigenvalue weighted by Gasteiger charge is 2.43. The van der Waals surface area contributed by atoms with Crippen LogP contribution in [0.2, 0.25) is 0 Å². The third-order valence-corrected chi connectivity index (χ3v) is 6.35. The molecule has 1 aromatic carbocycles. The average Bonchev–Trinajstić information content (AvgIpc) is 3.26. The lowest BCUT2D eigenvalue weighted by molar-refractivity contribution is 0.373. The minimum absolute atomic E-state index is 0.0769. The van der Waals surface area contributed by atoms with Crippen molar-refractivity contribution in [3.05, 3.63) is 48.2 Å². The molecule has 8 nitrogen and oxygen atoms in total. The molecule has 3 atom stereocenters. The fraction of sp³-hybridized carbons (Fsp3) is 0.478. The lowest BCUT2D eigenvalue weighted by Crippen LogP contribution is -2.48.